The van der Waals surface area contributed by atoms with Gasteiger partial charge in [0.05, 0.1) is 6.10 Å². The molecule has 0 aliphatic heterocycles. The zero-order valence-corrected chi connectivity index (χ0v) is 9.63. The molecule has 0 amide bonds. The molecule has 2 aliphatic carbocycles. The predicted octanol–water partition coefficient (Wildman–Crippen LogP) is 1.82. The van der Waals surface area contributed by atoms with Gasteiger partial charge >= 0.3 is 0 Å². The van der Waals surface area contributed by atoms with E-state index in [0.717, 1.165) is 6.42 Å². The van der Waals surface area contributed by atoms with Gasteiger partial charge in [0.15, 0.2) is 0 Å². The number of rotatable bonds is 1. The van der Waals surface area contributed by atoms with E-state index < -0.39 is 0 Å². The minimum atomic E-state index is -0.219. The van der Waals surface area contributed by atoms with E-state index in [9.17, 15) is 10.2 Å². The fraction of sp³-hybridized carbons (Fsp3) is 0.846. The summed E-state index contributed by atoms with van der Waals surface area (Å²) in [6.07, 6.45) is 6.33. The summed E-state index contributed by atoms with van der Waals surface area (Å²) in [4.78, 5) is 0. The van der Waals surface area contributed by atoms with E-state index >= 15 is 0 Å². The maximum absolute atomic E-state index is 10.1. The largest absolute Gasteiger partial charge is 0.396 e. The fourth-order valence-electron chi connectivity index (χ4n) is 3.48. The number of hydrogen-bond donors (Lipinski definition) is 2. The lowest BCUT2D eigenvalue weighted by atomic mass is 9.62. The van der Waals surface area contributed by atoms with Gasteiger partial charge in [-0.25, -0.2) is 0 Å². The maximum Gasteiger partial charge on any atom is 0.0580 e. The Hall–Kier alpha value is -0.340. The van der Waals surface area contributed by atoms with E-state index in [-0.39, 0.29) is 24.5 Å². The third kappa shape index (κ3) is 1.98. The van der Waals surface area contributed by atoms with Crippen molar-refractivity contribution in [2.75, 3.05) is 6.61 Å². The van der Waals surface area contributed by atoms with Crippen LogP contribution in [0.2, 0.25) is 0 Å². The quantitative estimate of drug-likeness (QED) is 0.648. The first-order chi connectivity index (χ1) is 7.13. The summed E-state index contributed by atoms with van der Waals surface area (Å²) >= 11 is 0. The standard InChI is InChI=1S/C13H22O2/c1-8-5-10-4-3-9(2)11(7-14)13(10)12(15)6-8/h3-4,8-15H,5-7H2,1-2H3/t8-,9-,10?,11-,12-,13?/m0/s1. The van der Waals surface area contributed by atoms with E-state index in [0.29, 0.717) is 17.8 Å². The Labute approximate surface area is 92.0 Å². The molecule has 15 heavy (non-hydrogen) atoms. The second kappa shape index (κ2) is 4.26. The van der Waals surface area contributed by atoms with E-state index in [1.54, 1.807) is 0 Å². The van der Waals surface area contributed by atoms with E-state index in [2.05, 4.69) is 26.0 Å². The number of aliphatic hydroxyl groups is 2. The van der Waals surface area contributed by atoms with Gasteiger partial charge in [0, 0.05) is 6.61 Å². The van der Waals surface area contributed by atoms with Gasteiger partial charge < -0.3 is 10.2 Å². The Bertz CT molecular complexity index is 249. The Morgan fingerprint density at radius 3 is 2.60 bits per heavy atom. The van der Waals surface area contributed by atoms with Crippen molar-refractivity contribution in [1.82, 2.24) is 0 Å². The van der Waals surface area contributed by atoms with E-state index in [1.807, 2.05) is 0 Å². The molecule has 2 N–H and O–H groups in total. The molecule has 2 unspecified atom stereocenters. The summed E-state index contributed by atoms with van der Waals surface area (Å²) in [5.74, 6) is 2.03. The van der Waals surface area contributed by atoms with Gasteiger partial charge in [-0.2, -0.15) is 0 Å². The molecular formula is C13H22O2. The molecule has 6 atom stereocenters. The van der Waals surface area contributed by atoms with Crippen LogP contribution in [0.25, 0.3) is 0 Å². The molecule has 0 bridgehead atoms. The minimum absolute atomic E-state index is 0.206. The van der Waals surface area contributed by atoms with Gasteiger partial charge in [-0.15, -0.1) is 0 Å². The van der Waals surface area contributed by atoms with Crippen molar-refractivity contribution in [3.63, 3.8) is 0 Å². The molecule has 2 aliphatic rings. The number of hydrogen-bond acceptors (Lipinski definition) is 2. The molecule has 0 radical (unpaired) electrons. The van der Waals surface area contributed by atoms with Gasteiger partial charge in [-0.05, 0) is 42.4 Å². The van der Waals surface area contributed by atoms with Crippen molar-refractivity contribution in [1.29, 1.82) is 0 Å². The minimum Gasteiger partial charge on any atom is -0.396 e. The van der Waals surface area contributed by atoms with Crippen molar-refractivity contribution in [2.24, 2.45) is 29.6 Å². The lowest BCUT2D eigenvalue weighted by Crippen LogP contribution is -2.44. The van der Waals surface area contributed by atoms with Crippen LogP contribution in [0.15, 0.2) is 12.2 Å². The first-order valence-electron chi connectivity index (χ1n) is 6.10. The predicted molar refractivity (Wildman–Crippen MR) is 60.3 cm³/mol. The molecule has 0 spiro atoms. The molecule has 86 valence electrons. The molecule has 0 saturated heterocycles. The lowest BCUT2D eigenvalue weighted by Gasteiger charge is -2.45. The van der Waals surface area contributed by atoms with Gasteiger partial charge in [-0.1, -0.05) is 26.0 Å². The second-order valence-corrected chi connectivity index (χ2v) is 5.48. The summed E-state index contributed by atoms with van der Waals surface area (Å²) in [5, 5.41) is 19.6. The molecule has 1 saturated carbocycles. The first-order valence-corrected chi connectivity index (χ1v) is 6.10. The normalized spacial score (nSPS) is 50.1. The Morgan fingerprint density at radius 1 is 1.20 bits per heavy atom. The molecule has 0 aromatic heterocycles. The summed E-state index contributed by atoms with van der Waals surface area (Å²) in [6.45, 7) is 4.55. The number of allylic oxidation sites excluding steroid dienone is 2. The zero-order valence-electron chi connectivity index (χ0n) is 9.63. The summed E-state index contributed by atoms with van der Waals surface area (Å²) in [5.41, 5.74) is 0. The van der Waals surface area contributed by atoms with E-state index in [1.165, 1.54) is 6.42 Å². The topological polar surface area (TPSA) is 40.5 Å². The molecular weight excluding hydrogens is 188 g/mol. The molecule has 2 heteroatoms. The molecule has 0 heterocycles. The average Bonchev–Trinajstić information content (AvgIpc) is 2.18. The number of aliphatic hydroxyl groups excluding tert-OH is 2. The smallest absolute Gasteiger partial charge is 0.0580 e. The SMILES string of the molecule is C[C@H]1CC2C=C[C@H](C)[C@H](CO)C2[C@@H](O)C1. The van der Waals surface area contributed by atoms with Crippen LogP contribution in [0.1, 0.15) is 26.7 Å². The van der Waals surface area contributed by atoms with Gasteiger partial charge in [-0.3, -0.25) is 0 Å². The second-order valence-electron chi connectivity index (χ2n) is 5.48. The first kappa shape index (κ1) is 11.2. The molecule has 1 fully saturated rings. The van der Waals surface area contributed by atoms with Crippen LogP contribution >= 0.6 is 0 Å². The van der Waals surface area contributed by atoms with Crippen molar-refractivity contribution >= 4 is 0 Å². The van der Waals surface area contributed by atoms with Gasteiger partial charge in [0.2, 0.25) is 0 Å². The van der Waals surface area contributed by atoms with Crippen LogP contribution in [0.4, 0.5) is 0 Å². The monoisotopic (exact) mass is 210 g/mol. The van der Waals surface area contributed by atoms with E-state index in [4.69, 9.17) is 0 Å². The summed E-state index contributed by atoms with van der Waals surface area (Å²) < 4.78 is 0. The molecule has 2 rings (SSSR count). The van der Waals surface area contributed by atoms with Crippen LogP contribution in [0, 0.1) is 29.6 Å². The lowest BCUT2D eigenvalue weighted by molar-refractivity contribution is -0.0359. The van der Waals surface area contributed by atoms with Crippen LogP contribution < -0.4 is 0 Å². The molecule has 2 nitrogen and oxygen atoms in total. The van der Waals surface area contributed by atoms with Crippen LogP contribution in [-0.4, -0.2) is 22.9 Å². The maximum atomic E-state index is 10.1. The third-order valence-electron chi connectivity index (χ3n) is 4.30. The fourth-order valence-corrected chi connectivity index (χ4v) is 3.48. The highest BCUT2D eigenvalue weighted by Crippen LogP contribution is 2.44. The van der Waals surface area contributed by atoms with Crippen molar-refractivity contribution in [3.8, 4) is 0 Å². The van der Waals surface area contributed by atoms with Crippen LogP contribution in [0.5, 0.6) is 0 Å². The molecule has 0 aromatic rings. The third-order valence-corrected chi connectivity index (χ3v) is 4.30. The average molecular weight is 210 g/mol. The van der Waals surface area contributed by atoms with Crippen molar-refractivity contribution < 1.29 is 10.2 Å². The van der Waals surface area contributed by atoms with Crippen LogP contribution in [0.3, 0.4) is 0 Å². The van der Waals surface area contributed by atoms with Gasteiger partial charge in [0.25, 0.3) is 0 Å². The van der Waals surface area contributed by atoms with Crippen LogP contribution in [-0.2, 0) is 0 Å². The van der Waals surface area contributed by atoms with Gasteiger partial charge in [0.1, 0.15) is 0 Å². The Balaban J connectivity index is 2.21. The highest BCUT2D eigenvalue weighted by molar-refractivity contribution is 5.07. The zero-order chi connectivity index (χ0) is 11.0. The summed E-state index contributed by atoms with van der Waals surface area (Å²) in [7, 11) is 0. The number of fused-ring (bicyclic) bond motifs is 1. The summed E-state index contributed by atoms with van der Waals surface area (Å²) in [6, 6.07) is 0. The molecule has 0 aromatic carbocycles. The highest BCUT2D eigenvalue weighted by atomic mass is 16.3. The van der Waals surface area contributed by atoms with Crippen molar-refractivity contribution in [2.45, 2.75) is 32.8 Å². The van der Waals surface area contributed by atoms with Crippen molar-refractivity contribution in [3.05, 3.63) is 12.2 Å². The Kier molecular flexibility index (Phi) is 3.17. The highest BCUT2D eigenvalue weighted by Gasteiger charge is 2.42. The Morgan fingerprint density at radius 2 is 1.93 bits per heavy atom.